The molecule has 6 atom stereocenters. The molecule has 0 aliphatic heterocycles. The summed E-state index contributed by atoms with van der Waals surface area (Å²) < 4.78 is 24.1. The predicted molar refractivity (Wildman–Crippen MR) is 149 cm³/mol. The first-order chi connectivity index (χ1) is 20.1. The van der Waals surface area contributed by atoms with Crippen molar-refractivity contribution in [3.8, 4) is 11.5 Å². The summed E-state index contributed by atoms with van der Waals surface area (Å²) in [7, 11) is -8.51. The minimum atomic E-state index is -4.26. The number of carboxylic acids is 2. The highest BCUT2D eigenvalue weighted by molar-refractivity contribution is 7.58. The van der Waals surface area contributed by atoms with Gasteiger partial charge >= 0.3 is 23.3 Å². The molecule has 22 heteroatoms. The zero-order valence-corrected chi connectivity index (χ0v) is 24.2. The Labute approximate surface area is 247 Å². The molecule has 0 saturated carbocycles. The lowest BCUT2D eigenvalue weighted by Gasteiger charge is -2.19. The Balaban J connectivity index is 0.000000440. The molecule has 0 amide bonds. The summed E-state index contributed by atoms with van der Waals surface area (Å²) in [5.41, 5.74) is 8.50. The minimum absolute atomic E-state index is 0.237. The standard InChI is InChI=1S/2C11H15N2O8P/c2*12-7(10(15)16)3-4-22(20,21)11(17)6-1-2-9(14)8(5-6)13(18)19/h2*1-2,5,7,11,14,17H,3-4,12H2,(H,15,16)(H,20,21)/t2*7-,11?/m00/s1. The zero-order chi connectivity index (χ0) is 34.2. The molecule has 0 fully saturated rings. The molecule has 0 heterocycles. The fourth-order valence-electron chi connectivity index (χ4n) is 3.30. The van der Waals surface area contributed by atoms with Crippen molar-refractivity contribution in [2.75, 3.05) is 12.3 Å². The number of aliphatic hydroxyl groups excluding tert-OH is 2. The van der Waals surface area contributed by atoms with Crippen LogP contribution in [0.3, 0.4) is 0 Å². The number of hydrogen-bond donors (Lipinski definition) is 10. The highest BCUT2D eigenvalue weighted by Crippen LogP contribution is 2.56. The minimum Gasteiger partial charge on any atom is -0.502 e. The van der Waals surface area contributed by atoms with Crippen molar-refractivity contribution in [1.29, 1.82) is 0 Å². The van der Waals surface area contributed by atoms with E-state index < -0.39 is 95.5 Å². The van der Waals surface area contributed by atoms with Crippen LogP contribution >= 0.6 is 14.7 Å². The number of aliphatic hydroxyl groups is 2. The number of aliphatic carboxylic acids is 2. The molecule has 2 rings (SSSR count). The number of nitro groups is 2. The number of aromatic hydroxyl groups is 2. The Morgan fingerprint density at radius 2 is 1.02 bits per heavy atom. The van der Waals surface area contributed by atoms with Crippen LogP contribution < -0.4 is 11.5 Å². The molecule has 20 nitrogen and oxygen atoms in total. The fourth-order valence-corrected chi connectivity index (χ4v) is 6.34. The fraction of sp³-hybridized carbons (Fsp3) is 0.364. The monoisotopic (exact) mass is 668 g/mol. The topological polar surface area (TPSA) is 368 Å². The largest absolute Gasteiger partial charge is 0.502 e. The Hall–Kier alpha value is -4.00. The van der Waals surface area contributed by atoms with Gasteiger partial charge in [0.1, 0.15) is 12.1 Å². The van der Waals surface area contributed by atoms with E-state index in [1.807, 2.05) is 0 Å². The summed E-state index contributed by atoms with van der Waals surface area (Å²) in [4.78, 5) is 60.2. The number of nitrogens with two attached hydrogens (primary N) is 2. The average molecular weight is 668 g/mol. The van der Waals surface area contributed by atoms with Crippen LogP contribution in [0.1, 0.15) is 35.7 Å². The van der Waals surface area contributed by atoms with E-state index in [2.05, 4.69) is 0 Å². The summed E-state index contributed by atoms with van der Waals surface area (Å²) in [5.74, 6) is -7.91. The van der Waals surface area contributed by atoms with Gasteiger partial charge in [-0.15, -0.1) is 0 Å². The lowest BCUT2D eigenvalue weighted by atomic mass is 10.2. The number of carboxylic acid groups (broad SMARTS) is 2. The molecule has 4 unspecified atom stereocenters. The maximum atomic E-state index is 12.0. The van der Waals surface area contributed by atoms with E-state index in [9.17, 15) is 69.2 Å². The highest BCUT2D eigenvalue weighted by Gasteiger charge is 2.34. The summed E-state index contributed by atoms with van der Waals surface area (Å²) in [6.07, 6.45) is -1.84. The van der Waals surface area contributed by atoms with Gasteiger partial charge in [-0.1, -0.05) is 12.1 Å². The van der Waals surface area contributed by atoms with Crippen LogP contribution in [0.2, 0.25) is 0 Å². The Morgan fingerprint density at radius 1 is 0.727 bits per heavy atom. The maximum Gasteiger partial charge on any atom is 0.320 e. The molecule has 2 aromatic carbocycles. The van der Waals surface area contributed by atoms with Gasteiger partial charge < -0.3 is 51.9 Å². The Bertz CT molecular complexity index is 1380. The number of carbonyl (C=O) groups is 2. The number of phenolic OH excluding ortho intramolecular Hbond substituents is 2. The van der Waals surface area contributed by atoms with Gasteiger partial charge in [0, 0.05) is 24.5 Å². The number of nitro benzene ring substituents is 2. The lowest BCUT2D eigenvalue weighted by Crippen LogP contribution is -2.31. The second-order valence-electron chi connectivity index (χ2n) is 9.18. The van der Waals surface area contributed by atoms with Crippen molar-refractivity contribution < 1.29 is 69.0 Å². The molecule has 0 saturated heterocycles. The van der Waals surface area contributed by atoms with Gasteiger partial charge in [0.2, 0.25) is 14.7 Å². The molecule has 244 valence electrons. The summed E-state index contributed by atoms with van der Waals surface area (Å²) >= 11 is 0. The number of rotatable bonds is 14. The lowest BCUT2D eigenvalue weighted by molar-refractivity contribution is -0.386. The summed E-state index contributed by atoms with van der Waals surface area (Å²) in [5, 5.41) is 76.9. The quantitative estimate of drug-likeness (QED) is 0.0753. The molecule has 12 N–H and O–H groups in total. The zero-order valence-electron chi connectivity index (χ0n) is 22.4. The van der Waals surface area contributed by atoms with Gasteiger partial charge in [0.15, 0.2) is 23.2 Å². The molecule has 2 aromatic rings. The van der Waals surface area contributed by atoms with Crippen LogP contribution in [-0.4, -0.2) is 86.6 Å². The van der Waals surface area contributed by atoms with E-state index in [1.165, 1.54) is 0 Å². The number of hydrogen-bond acceptors (Lipinski definition) is 14. The van der Waals surface area contributed by atoms with Crippen LogP contribution in [-0.2, 0) is 18.7 Å². The Morgan fingerprint density at radius 3 is 1.27 bits per heavy atom. The van der Waals surface area contributed by atoms with Crippen LogP contribution in [0.4, 0.5) is 11.4 Å². The van der Waals surface area contributed by atoms with Crippen molar-refractivity contribution in [1.82, 2.24) is 0 Å². The third-order valence-corrected chi connectivity index (χ3v) is 9.83. The van der Waals surface area contributed by atoms with Gasteiger partial charge in [-0.25, -0.2) is 0 Å². The maximum absolute atomic E-state index is 12.0. The number of phenols is 2. The second kappa shape index (κ2) is 15.6. The van der Waals surface area contributed by atoms with E-state index in [0.717, 1.165) is 36.4 Å². The van der Waals surface area contributed by atoms with E-state index >= 15 is 0 Å². The van der Waals surface area contributed by atoms with Crippen molar-refractivity contribution in [2.24, 2.45) is 11.5 Å². The Kier molecular flexibility index (Phi) is 13.5. The number of nitrogens with zero attached hydrogens (tertiary/aromatic N) is 2. The average Bonchev–Trinajstić information content (AvgIpc) is 2.94. The molecular formula is C22H30N4O16P2. The van der Waals surface area contributed by atoms with E-state index in [-0.39, 0.29) is 24.0 Å². The van der Waals surface area contributed by atoms with Crippen molar-refractivity contribution in [3.05, 3.63) is 67.8 Å². The van der Waals surface area contributed by atoms with Gasteiger partial charge in [0.05, 0.1) is 9.85 Å². The van der Waals surface area contributed by atoms with E-state index in [4.69, 9.17) is 21.7 Å². The predicted octanol–water partition coefficient (Wildman–Crippen LogP) is 0.727. The number of benzene rings is 2. The van der Waals surface area contributed by atoms with Gasteiger partial charge in [-0.05, 0) is 36.1 Å². The van der Waals surface area contributed by atoms with Crippen molar-refractivity contribution in [3.63, 3.8) is 0 Å². The summed E-state index contributed by atoms with van der Waals surface area (Å²) in [6, 6.07) is 2.79. The molecule has 0 spiro atoms. The SMILES string of the molecule is N[C@@H](CCP(=O)(O)C(O)c1ccc(O)c([N+](=O)[O-])c1)C(=O)O.N[C@@H](CCP(=O)(O)C(O)c1ccc(O)c([N+](=O)[O-])c1)C(=O)O. The third kappa shape index (κ3) is 10.6. The van der Waals surface area contributed by atoms with Crippen LogP contribution in [0.25, 0.3) is 0 Å². The summed E-state index contributed by atoms with van der Waals surface area (Å²) in [6.45, 7) is 0. The highest BCUT2D eigenvalue weighted by atomic mass is 31.2. The molecule has 0 aromatic heterocycles. The van der Waals surface area contributed by atoms with Crippen molar-refractivity contribution >= 4 is 38.1 Å². The normalized spacial score (nSPS) is 16.5. The van der Waals surface area contributed by atoms with Crippen LogP contribution in [0.5, 0.6) is 11.5 Å². The molecule has 0 aliphatic carbocycles. The molecule has 0 bridgehead atoms. The van der Waals surface area contributed by atoms with Crippen molar-refractivity contribution in [2.45, 2.75) is 36.6 Å². The molecule has 0 radical (unpaired) electrons. The van der Waals surface area contributed by atoms with Crippen LogP contribution in [0, 0.1) is 20.2 Å². The molecular weight excluding hydrogens is 638 g/mol. The van der Waals surface area contributed by atoms with Gasteiger partial charge in [-0.3, -0.25) is 38.9 Å². The van der Waals surface area contributed by atoms with Crippen LogP contribution in [0.15, 0.2) is 36.4 Å². The van der Waals surface area contributed by atoms with Gasteiger partial charge in [0.25, 0.3) is 0 Å². The first-order valence-corrected chi connectivity index (χ1v) is 15.9. The smallest absolute Gasteiger partial charge is 0.320 e. The third-order valence-electron chi connectivity index (χ3n) is 5.91. The first kappa shape index (κ1) is 38.0. The van der Waals surface area contributed by atoms with E-state index in [1.54, 1.807) is 0 Å². The van der Waals surface area contributed by atoms with E-state index in [0.29, 0.717) is 0 Å². The molecule has 44 heavy (non-hydrogen) atoms. The molecule has 0 aliphatic rings. The second-order valence-corrected chi connectivity index (χ2v) is 14.1. The first-order valence-electron chi connectivity index (χ1n) is 12.0. The van der Waals surface area contributed by atoms with Gasteiger partial charge in [-0.2, -0.15) is 0 Å².